The van der Waals surface area contributed by atoms with Gasteiger partial charge in [-0.25, -0.2) is 4.79 Å². The number of hydrogen-bond donors (Lipinski definition) is 2. The van der Waals surface area contributed by atoms with Gasteiger partial charge in [-0.3, -0.25) is 10.00 Å². The zero-order valence-electron chi connectivity index (χ0n) is 16.3. The summed E-state index contributed by atoms with van der Waals surface area (Å²) in [6.07, 6.45) is 4.19. The van der Waals surface area contributed by atoms with Crippen LogP contribution in [0.15, 0.2) is 60.8 Å². The first-order valence-electron chi connectivity index (χ1n) is 9.69. The van der Waals surface area contributed by atoms with Gasteiger partial charge in [-0.1, -0.05) is 30.3 Å². The van der Waals surface area contributed by atoms with Crippen molar-refractivity contribution in [1.29, 1.82) is 0 Å². The Kier molecular flexibility index (Phi) is 5.76. The van der Waals surface area contributed by atoms with Gasteiger partial charge in [-0.05, 0) is 42.7 Å². The lowest BCUT2D eigenvalue weighted by Gasteiger charge is -2.12. The number of hydrogen-bond acceptors (Lipinski definition) is 4. The van der Waals surface area contributed by atoms with Crippen molar-refractivity contribution in [3.05, 3.63) is 60.8 Å². The van der Waals surface area contributed by atoms with E-state index in [2.05, 4.69) is 15.7 Å². The molecule has 0 spiro atoms. The number of rotatable bonds is 6. The first kappa shape index (κ1) is 19.0. The summed E-state index contributed by atoms with van der Waals surface area (Å²) in [4.78, 5) is 12.4. The summed E-state index contributed by atoms with van der Waals surface area (Å²) in [5.41, 5.74) is 2.52. The Bertz CT molecular complexity index is 948. The average molecular weight is 392 g/mol. The highest BCUT2D eigenvalue weighted by atomic mass is 16.5. The number of carbonyl (C=O) groups excluding carboxylic acids is 1. The maximum Gasteiger partial charge on any atom is 0.324 e. The van der Waals surface area contributed by atoms with Gasteiger partial charge in [0.2, 0.25) is 0 Å². The van der Waals surface area contributed by atoms with Crippen molar-refractivity contribution in [2.24, 2.45) is 7.05 Å². The van der Waals surface area contributed by atoms with E-state index in [4.69, 9.17) is 9.47 Å². The first-order chi connectivity index (χ1) is 14.2. The van der Waals surface area contributed by atoms with Gasteiger partial charge in [0.1, 0.15) is 12.4 Å². The molecule has 150 valence electrons. The minimum atomic E-state index is -0.353. The van der Waals surface area contributed by atoms with Crippen molar-refractivity contribution in [2.75, 3.05) is 23.8 Å². The molecule has 0 radical (unpaired) electrons. The summed E-state index contributed by atoms with van der Waals surface area (Å²) < 4.78 is 13.0. The third kappa shape index (κ3) is 4.94. The van der Waals surface area contributed by atoms with Crippen molar-refractivity contribution in [2.45, 2.75) is 18.9 Å². The molecule has 1 aliphatic heterocycles. The smallest absolute Gasteiger partial charge is 0.324 e. The van der Waals surface area contributed by atoms with Crippen molar-refractivity contribution in [3.8, 4) is 16.9 Å². The molecule has 0 unspecified atom stereocenters. The van der Waals surface area contributed by atoms with Gasteiger partial charge in [0.15, 0.2) is 5.82 Å². The Labute approximate surface area is 169 Å². The number of ether oxygens (including phenoxy) is 2. The fourth-order valence-electron chi connectivity index (χ4n) is 3.28. The van der Waals surface area contributed by atoms with E-state index in [1.807, 2.05) is 55.7 Å². The number of aryl methyl sites for hydroxylation is 1. The Morgan fingerprint density at radius 2 is 1.97 bits per heavy atom. The molecule has 1 atom stereocenters. The molecule has 7 nitrogen and oxygen atoms in total. The van der Waals surface area contributed by atoms with Gasteiger partial charge in [0.05, 0.1) is 6.10 Å². The van der Waals surface area contributed by atoms with Crippen LogP contribution in [0.25, 0.3) is 11.1 Å². The van der Waals surface area contributed by atoms with Crippen LogP contribution in [0.4, 0.5) is 16.3 Å². The summed E-state index contributed by atoms with van der Waals surface area (Å²) in [5, 5.41) is 10.0. The van der Waals surface area contributed by atoms with Crippen LogP contribution >= 0.6 is 0 Å². The second-order valence-electron chi connectivity index (χ2n) is 6.98. The van der Waals surface area contributed by atoms with E-state index in [0.717, 1.165) is 36.3 Å². The SMILES string of the molecule is Cn1cc(-c2ccccc2)c(NC(=O)Nc2ccc(OC[C@@H]3CCCO3)cc2)n1. The lowest BCUT2D eigenvalue weighted by Crippen LogP contribution is -2.20. The van der Waals surface area contributed by atoms with Crippen LogP contribution < -0.4 is 15.4 Å². The molecule has 0 saturated carbocycles. The Balaban J connectivity index is 1.35. The summed E-state index contributed by atoms with van der Waals surface area (Å²) in [6, 6.07) is 16.7. The van der Waals surface area contributed by atoms with E-state index in [-0.39, 0.29) is 12.1 Å². The van der Waals surface area contributed by atoms with E-state index in [1.54, 1.807) is 16.8 Å². The zero-order chi connectivity index (χ0) is 20.1. The highest BCUT2D eigenvalue weighted by Crippen LogP contribution is 2.26. The molecule has 0 bridgehead atoms. The number of aromatic nitrogens is 2. The second-order valence-corrected chi connectivity index (χ2v) is 6.98. The molecule has 29 heavy (non-hydrogen) atoms. The number of carbonyl (C=O) groups is 1. The van der Waals surface area contributed by atoms with Gasteiger partial charge in [-0.2, -0.15) is 5.10 Å². The second kappa shape index (κ2) is 8.79. The fourth-order valence-corrected chi connectivity index (χ4v) is 3.28. The molecule has 0 aliphatic carbocycles. The van der Waals surface area contributed by atoms with E-state index >= 15 is 0 Å². The van der Waals surface area contributed by atoms with Crippen LogP contribution in [0.2, 0.25) is 0 Å². The average Bonchev–Trinajstić information content (AvgIpc) is 3.38. The van der Waals surface area contributed by atoms with Crippen LogP contribution in [0.3, 0.4) is 0 Å². The molecule has 2 amide bonds. The molecule has 1 aliphatic rings. The maximum atomic E-state index is 12.4. The fraction of sp³-hybridized carbons (Fsp3) is 0.273. The number of amides is 2. The molecular formula is C22H24N4O3. The van der Waals surface area contributed by atoms with Gasteiger partial charge in [0.25, 0.3) is 0 Å². The van der Waals surface area contributed by atoms with Crippen molar-refractivity contribution < 1.29 is 14.3 Å². The highest BCUT2D eigenvalue weighted by molar-refractivity contribution is 6.01. The molecule has 3 aromatic rings. The van der Waals surface area contributed by atoms with E-state index in [1.165, 1.54) is 0 Å². The Hall–Kier alpha value is -3.32. The summed E-state index contributed by atoms with van der Waals surface area (Å²) in [7, 11) is 1.82. The van der Waals surface area contributed by atoms with Gasteiger partial charge in [-0.15, -0.1) is 0 Å². The van der Waals surface area contributed by atoms with Gasteiger partial charge < -0.3 is 14.8 Å². The largest absolute Gasteiger partial charge is 0.491 e. The third-order valence-corrected chi connectivity index (χ3v) is 4.72. The minimum Gasteiger partial charge on any atom is -0.491 e. The molecule has 2 N–H and O–H groups in total. The molecule has 1 aromatic heterocycles. The predicted octanol–water partition coefficient (Wildman–Crippen LogP) is 4.29. The van der Waals surface area contributed by atoms with E-state index < -0.39 is 0 Å². The molecule has 2 aromatic carbocycles. The van der Waals surface area contributed by atoms with Crippen LogP contribution in [0.1, 0.15) is 12.8 Å². The monoisotopic (exact) mass is 392 g/mol. The van der Waals surface area contributed by atoms with Crippen molar-refractivity contribution in [1.82, 2.24) is 9.78 Å². The summed E-state index contributed by atoms with van der Waals surface area (Å²) >= 11 is 0. The summed E-state index contributed by atoms with van der Waals surface area (Å²) in [5.74, 6) is 1.26. The van der Waals surface area contributed by atoms with E-state index in [0.29, 0.717) is 18.1 Å². The lowest BCUT2D eigenvalue weighted by molar-refractivity contribution is 0.0679. The summed E-state index contributed by atoms with van der Waals surface area (Å²) in [6.45, 7) is 1.36. The quantitative estimate of drug-likeness (QED) is 0.656. The van der Waals surface area contributed by atoms with Crippen LogP contribution in [0, 0.1) is 0 Å². The van der Waals surface area contributed by atoms with Crippen LogP contribution in [0.5, 0.6) is 5.75 Å². The molecule has 1 fully saturated rings. The standard InChI is InChI=1S/C22H24N4O3/c1-26-14-20(16-6-3-2-4-7-16)21(25-26)24-22(27)23-17-9-11-18(12-10-17)29-15-19-8-5-13-28-19/h2-4,6-7,9-12,14,19H,5,8,13,15H2,1H3,(H2,23,24,25,27)/t19-/m0/s1. The first-order valence-corrected chi connectivity index (χ1v) is 9.69. The number of benzene rings is 2. The highest BCUT2D eigenvalue weighted by Gasteiger charge is 2.16. The normalized spacial score (nSPS) is 15.8. The molecule has 7 heteroatoms. The van der Waals surface area contributed by atoms with Crippen molar-refractivity contribution >= 4 is 17.5 Å². The van der Waals surface area contributed by atoms with Crippen molar-refractivity contribution in [3.63, 3.8) is 0 Å². The number of nitrogens with zero attached hydrogens (tertiary/aromatic N) is 2. The van der Waals surface area contributed by atoms with Crippen LogP contribution in [-0.4, -0.2) is 35.1 Å². The van der Waals surface area contributed by atoms with E-state index in [9.17, 15) is 4.79 Å². The van der Waals surface area contributed by atoms with Gasteiger partial charge >= 0.3 is 6.03 Å². The Morgan fingerprint density at radius 3 is 2.69 bits per heavy atom. The maximum absolute atomic E-state index is 12.4. The molecule has 1 saturated heterocycles. The lowest BCUT2D eigenvalue weighted by atomic mass is 10.1. The molecule has 4 rings (SSSR count). The Morgan fingerprint density at radius 1 is 1.17 bits per heavy atom. The minimum absolute atomic E-state index is 0.177. The number of anilines is 2. The molecule has 2 heterocycles. The molecular weight excluding hydrogens is 368 g/mol. The van der Waals surface area contributed by atoms with Crippen LogP contribution in [-0.2, 0) is 11.8 Å². The third-order valence-electron chi connectivity index (χ3n) is 4.72. The number of nitrogens with one attached hydrogen (secondary N) is 2. The van der Waals surface area contributed by atoms with Gasteiger partial charge in [0, 0.05) is 31.1 Å². The number of urea groups is 1. The zero-order valence-corrected chi connectivity index (χ0v) is 16.3. The topological polar surface area (TPSA) is 77.4 Å². The predicted molar refractivity (Wildman–Crippen MR) is 112 cm³/mol.